The molecule has 8 heteroatoms. The van der Waals surface area contributed by atoms with Crippen molar-refractivity contribution >= 4 is 11.9 Å². The molecular formula is C46H58N2O6. The number of benzene rings is 4. The number of hydrogen-bond acceptors (Lipinski definition) is 8. The highest BCUT2D eigenvalue weighted by atomic mass is 16.6. The van der Waals surface area contributed by atoms with Crippen molar-refractivity contribution in [1.82, 2.24) is 9.80 Å². The lowest BCUT2D eigenvalue weighted by atomic mass is 9.85. The molecule has 0 aromatic heterocycles. The van der Waals surface area contributed by atoms with E-state index in [4.69, 9.17) is 18.9 Å². The van der Waals surface area contributed by atoms with Crippen LogP contribution in [0.5, 0.6) is 0 Å². The van der Waals surface area contributed by atoms with Crippen LogP contribution >= 0.6 is 0 Å². The van der Waals surface area contributed by atoms with Gasteiger partial charge in [0.2, 0.25) is 11.2 Å². The molecule has 0 atom stereocenters. The van der Waals surface area contributed by atoms with Crippen molar-refractivity contribution in [3.05, 3.63) is 144 Å². The average Bonchev–Trinajstić information content (AvgIpc) is 3.22. The van der Waals surface area contributed by atoms with E-state index in [2.05, 4.69) is 23.9 Å². The Labute approximate surface area is 322 Å². The normalized spacial score (nSPS) is 16.2. The first kappa shape index (κ1) is 40.8. The molecule has 2 aliphatic rings. The Balaban J connectivity index is 0.000000208. The first-order valence-corrected chi connectivity index (χ1v) is 19.6. The van der Waals surface area contributed by atoms with Crippen LogP contribution in [0, 0.1) is 0 Å². The zero-order valence-corrected chi connectivity index (χ0v) is 32.5. The maximum absolute atomic E-state index is 13.6. The Hall–Kier alpha value is -4.34. The molecule has 4 aromatic carbocycles. The molecule has 4 aromatic rings. The van der Waals surface area contributed by atoms with Crippen molar-refractivity contribution in [2.75, 3.05) is 53.5 Å². The van der Waals surface area contributed by atoms with Crippen LogP contribution in [0.1, 0.15) is 74.6 Å². The van der Waals surface area contributed by atoms with Gasteiger partial charge in [0.25, 0.3) is 0 Å². The third-order valence-corrected chi connectivity index (χ3v) is 10.2. The molecule has 8 nitrogen and oxygen atoms in total. The van der Waals surface area contributed by atoms with Crippen LogP contribution in [0.15, 0.2) is 121 Å². The minimum absolute atomic E-state index is 0.0641. The first-order valence-electron chi connectivity index (χ1n) is 19.6. The first-order chi connectivity index (χ1) is 26.3. The van der Waals surface area contributed by atoms with E-state index in [9.17, 15) is 9.59 Å². The SMILES string of the molecule is CCCOC(C(=O)OC1CCN(C)CC1)(c1ccccc1)c1ccccc1.CCCOC(C(=O)OC1CCN(C)CC1)(c1ccccc1)c1ccccc1. The van der Waals surface area contributed by atoms with Gasteiger partial charge in [-0.2, -0.15) is 0 Å². The maximum Gasteiger partial charge on any atom is 0.348 e. The topological polar surface area (TPSA) is 77.5 Å². The Kier molecular flexibility index (Phi) is 15.4. The van der Waals surface area contributed by atoms with E-state index in [1.807, 2.05) is 135 Å². The maximum atomic E-state index is 13.6. The molecule has 0 aliphatic carbocycles. The van der Waals surface area contributed by atoms with Gasteiger partial charge in [-0.3, -0.25) is 0 Å². The van der Waals surface area contributed by atoms with Crippen molar-refractivity contribution in [2.45, 2.75) is 75.8 Å². The second-order valence-corrected chi connectivity index (χ2v) is 14.3. The summed E-state index contributed by atoms with van der Waals surface area (Å²) in [6.07, 6.45) is 4.94. The molecular weight excluding hydrogens is 677 g/mol. The van der Waals surface area contributed by atoms with Gasteiger partial charge in [-0.15, -0.1) is 0 Å². The number of nitrogens with zero attached hydrogens (tertiary/aromatic N) is 2. The van der Waals surface area contributed by atoms with Gasteiger partial charge in [-0.25, -0.2) is 9.59 Å². The summed E-state index contributed by atoms with van der Waals surface area (Å²) in [5, 5.41) is 0. The number of piperidine rings is 2. The van der Waals surface area contributed by atoms with Crippen molar-refractivity contribution in [3.63, 3.8) is 0 Å². The Morgan fingerprint density at radius 2 is 0.759 bits per heavy atom. The van der Waals surface area contributed by atoms with E-state index in [1.165, 1.54) is 0 Å². The number of ether oxygens (including phenoxy) is 4. The van der Waals surface area contributed by atoms with Gasteiger partial charge < -0.3 is 28.7 Å². The summed E-state index contributed by atoms with van der Waals surface area (Å²) >= 11 is 0. The lowest BCUT2D eigenvalue weighted by Gasteiger charge is -2.36. The average molecular weight is 735 g/mol. The highest BCUT2D eigenvalue weighted by Gasteiger charge is 2.47. The van der Waals surface area contributed by atoms with E-state index in [-0.39, 0.29) is 24.1 Å². The van der Waals surface area contributed by atoms with E-state index in [0.29, 0.717) is 13.2 Å². The molecule has 0 bridgehead atoms. The van der Waals surface area contributed by atoms with Gasteiger partial charge in [-0.05, 0) is 74.9 Å². The number of hydrogen-bond donors (Lipinski definition) is 0. The zero-order valence-electron chi connectivity index (χ0n) is 32.5. The van der Waals surface area contributed by atoms with Gasteiger partial charge in [0.05, 0.1) is 0 Å². The molecule has 0 saturated carbocycles. The minimum Gasteiger partial charge on any atom is -0.460 e. The molecule has 0 unspecified atom stereocenters. The van der Waals surface area contributed by atoms with Crippen molar-refractivity contribution < 1.29 is 28.5 Å². The summed E-state index contributed by atoms with van der Waals surface area (Å²) in [4.78, 5) is 31.6. The lowest BCUT2D eigenvalue weighted by Crippen LogP contribution is -2.45. The highest BCUT2D eigenvalue weighted by Crippen LogP contribution is 2.38. The smallest absolute Gasteiger partial charge is 0.348 e. The standard InChI is InChI=1S/2C23H29NO3/c2*1-3-18-26-23(19-10-6-4-7-11-19,20-12-8-5-9-13-20)22(25)27-21-14-16-24(2)17-15-21/h2*4-13,21H,3,14-18H2,1-2H3. The molecule has 2 fully saturated rings. The summed E-state index contributed by atoms with van der Waals surface area (Å²) in [6.45, 7) is 8.81. The Bertz CT molecular complexity index is 1470. The van der Waals surface area contributed by atoms with Crippen LogP contribution < -0.4 is 0 Å². The van der Waals surface area contributed by atoms with E-state index < -0.39 is 11.2 Å². The zero-order chi connectivity index (χ0) is 38.2. The predicted molar refractivity (Wildman–Crippen MR) is 213 cm³/mol. The van der Waals surface area contributed by atoms with E-state index in [0.717, 1.165) is 87.0 Å². The molecule has 0 N–H and O–H groups in total. The Morgan fingerprint density at radius 3 is 1.00 bits per heavy atom. The second kappa shape index (κ2) is 20.4. The Morgan fingerprint density at radius 1 is 0.500 bits per heavy atom. The number of carbonyl (C=O) groups excluding carboxylic acids is 2. The van der Waals surface area contributed by atoms with Crippen LogP contribution in [0.2, 0.25) is 0 Å². The van der Waals surface area contributed by atoms with Gasteiger partial charge in [0, 0.05) is 39.4 Å². The molecule has 2 aliphatic heterocycles. The van der Waals surface area contributed by atoms with Gasteiger partial charge in [-0.1, -0.05) is 135 Å². The second-order valence-electron chi connectivity index (χ2n) is 14.3. The van der Waals surface area contributed by atoms with E-state index >= 15 is 0 Å². The molecule has 2 saturated heterocycles. The minimum atomic E-state index is -1.23. The van der Waals surface area contributed by atoms with Crippen LogP contribution in [0.4, 0.5) is 0 Å². The third-order valence-electron chi connectivity index (χ3n) is 10.2. The molecule has 0 radical (unpaired) electrons. The predicted octanol–water partition coefficient (Wildman–Crippen LogP) is 7.99. The fourth-order valence-electron chi connectivity index (χ4n) is 7.13. The number of carbonyl (C=O) groups is 2. The molecule has 6 rings (SSSR count). The van der Waals surface area contributed by atoms with Gasteiger partial charge in [0.15, 0.2) is 0 Å². The van der Waals surface area contributed by atoms with Crippen LogP contribution in [0.25, 0.3) is 0 Å². The molecule has 0 spiro atoms. The van der Waals surface area contributed by atoms with Gasteiger partial charge in [0.1, 0.15) is 12.2 Å². The quantitative estimate of drug-likeness (QED) is 0.121. The number of rotatable bonds is 14. The molecule has 54 heavy (non-hydrogen) atoms. The van der Waals surface area contributed by atoms with Crippen molar-refractivity contribution in [3.8, 4) is 0 Å². The lowest BCUT2D eigenvalue weighted by molar-refractivity contribution is -0.177. The van der Waals surface area contributed by atoms with Gasteiger partial charge >= 0.3 is 11.9 Å². The monoisotopic (exact) mass is 734 g/mol. The summed E-state index contributed by atoms with van der Waals surface area (Å²) in [7, 11) is 4.20. The summed E-state index contributed by atoms with van der Waals surface area (Å²) in [5.74, 6) is -0.634. The van der Waals surface area contributed by atoms with Crippen LogP contribution in [-0.2, 0) is 39.7 Å². The molecule has 0 amide bonds. The number of esters is 2. The van der Waals surface area contributed by atoms with E-state index in [1.54, 1.807) is 0 Å². The molecule has 2 heterocycles. The fourth-order valence-corrected chi connectivity index (χ4v) is 7.13. The summed E-state index contributed by atoms with van der Waals surface area (Å²) < 4.78 is 24.6. The summed E-state index contributed by atoms with van der Waals surface area (Å²) in [6, 6.07) is 38.8. The largest absolute Gasteiger partial charge is 0.460 e. The van der Waals surface area contributed by atoms with Crippen LogP contribution in [0.3, 0.4) is 0 Å². The van der Waals surface area contributed by atoms with Crippen molar-refractivity contribution in [2.24, 2.45) is 0 Å². The number of likely N-dealkylation sites (tertiary alicyclic amines) is 2. The fraction of sp³-hybridized carbons (Fsp3) is 0.435. The molecule has 288 valence electrons. The van der Waals surface area contributed by atoms with Crippen LogP contribution in [-0.4, -0.2) is 87.4 Å². The highest BCUT2D eigenvalue weighted by molar-refractivity contribution is 5.86. The van der Waals surface area contributed by atoms with Crippen molar-refractivity contribution in [1.29, 1.82) is 0 Å². The third kappa shape index (κ3) is 10.0. The summed E-state index contributed by atoms with van der Waals surface area (Å²) in [5.41, 5.74) is 0.763.